The van der Waals surface area contributed by atoms with Crippen molar-refractivity contribution in [3.8, 4) is 0 Å². The van der Waals surface area contributed by atoms with E-state index in [2.05, 4.69) is 5.10 Å². The highest BCUT2D eigenvalue weighted by Crippen LogP contribution is 2.42. The average Bonchev–Trinajstić information content (AvgIpc) is 3.11. The van der Waals surface area contributed by atoms with Gasteiger partial charge in [-0.15, -0.1) is 0 Å². The number of carbonyl (C=O) groups excluding carboxylic acids is 1. The van der Waals surface area contributed by atoms with Gasteiger partial charge in [-0.25, -0.2) is 0 Å². The first kappa shape index (κ1) is 17.2. The van der Waals surface area contributed by atoms with Crippen LogP contribution in [0.15, 0.2) is 45.9 Å². The molecule has 0 bridgehead atoms. The van der Waals surface area contributed by atoms with E-state index in [0.29, 0.717) is 11.3 Å². The number of aryl methyl sites for hydroxylation is 2. The highest BCUT2D eigenvalue weighted by Gasteiger charge is 2.63. The van der Waals surface area contributed by atoms with Crippen LogP contribution in [-0.4, -0.2) is 33.6 Å². The fraction of sp³-hybridized carbons (Fsp3) is 0.294. The third-order valence-corrected chi connectivity index (χ3v) is 3.97. The molecule has 1 atom stereocenters. The van der Waals surface area contributed by atoms with Gasteiger partial charge in [-0.1, -0.05) is 29.8 Å². The van der Waals surface area contributed by atoms with Crippen molar-refractivity contribution in [2.45, 2.75) is 32.2 Å². The molecular formula is C17H15F3N2O3. The van der Waals surface area contributed by atoms with Crippen LogP contribution in [0.3, 0.4) is 0 Å². The van der Waals surface area contributed by atoms with Gasteiger partial charge in [0.25, 0.3) is 5.72 Å². The number of hydrogen-bond acceptors (Lipinski definition) is 4. The number of rotatable bonds is 2. The third-order valence-electron chi connectivity index (χ3n) is 3.97. The van der Waals surface area contributed by atoms with Gasteiger partial charge < -0.3 is 9.52 Å². The number of aliphatic hydroxyl groups is 1. The Hall–Kier alpha value is -2.61. The zero-order valence-electron chi connectivity index (χ0n) is 13.5. The first-order valence-corrected chi connectivity index (χ1v) is 7.46. The van der Waals surface area contributed by atoms with Crippen LogP contribution in [0.1, 0.15) is 33.9 Å². The Morgan fingerprint density at radius 3 is 2.36 bits per heavy atom. The summed E-state index contributed by atoms with van der Waals surface area (Å²) in [6.45, 7) is 3.39. The Morgan fingerprint density at radius 1 is 1.20 bits per heavy atom. The lowest BCUT2D eigenvalue weighted by atomic mass is 10.00. The summed E-state index contributed by atoms with van der Waals surface area (Å²) < 4.78 is 45.5. The molecule has 5 nitrogen and oxygen atoms in total. The second-order valence-corrected chi connectivity index (χ2v) is 5.93. The zero-order valence-corrected chi connectivity index (χ0v) is 13.5. The van der Waals surface area contributed by atoms with E-state index in [1.807, 2.05) is 6.92 Å². The molecule has 0 saturated carbocycles. The number of furan rings is 1. The average molecular weight is 352 g/mol. The van der Waals surface area contributed by atoms with E-state index >= 15 is 0 Å². The highest BCUT2D eigenvalue weighted by molar-refractivity contribution is 6.05. The standard InChI is InChI=1S/C17H15F3N2O3/c1-10-3-6-12(7-4-10)13-9-16(24,17(18,19)20)22(21-13)15(23)14-8-5-11(2)25-14/h3-8,24H,9H2,1-2H3/t16-/m0/s1. The highest BCUT2D eigenvalue weighted by atomic mass is 19.4. The van der Waals surface area contributed by atoms with Crippen molar-refractivity contribution in [1.82, 2.24) is 5.01 Å². The monoisotopic (exact) mass is 352 g/mol. The van der Waals surface area contributed by atoms with Gasteiger partial charge in [0.15, 0.2) is 5.76 Å². The summed E-state index contributed by atoms with van der Waals surface area (Å²) in [6, 6.07) is 9.30. The van der Waals surface area contributed by atoms with Gasteiger partial charge in [0.1, 0.15) is 5.76 Å². The van der Waals surface area contributed by atoms with Gasteiger partial charge in [-0.2, -0.15) is 23.3 Å². The number of halogens is 3. The molecule has 3 rings (SSSR count). The third kappa shape index (κ3) is 2.93. The minimum atomic E-state index is -5.08. The SMILES string of the molecule is Cc1ccc(C2=NN(C(=O)c3ccc(C)o3)[C@@](O)(C(F)(F)F)C2)cc1. The van der Waals surface area contributed by atoms with Gasteiger partial charge in [0.05, 0.1) is 12.1 Å². The van der Waals surface area contributed by atoms with Gasteiger partial charge in [-0.05, 0) is 31.5 Å². The quantitative estimate of drug-likeness (QED) is 0.901. The van der Waals surface area contributed by atoms with E-state index in [1.54, 1.807) is 31.2 Å². The van der Waals surface area contributed by atoms with Crippen LogP contribution in [0.5, 0.6) is 0 Å². The maximum absolute atomic E-state index is 13.5. The fourth-order valence-electron chi connectivity index (χ4n) is 2.54. The minimum Gasteiger partial charge on any atom is -0.456 e. The summed E-state index contributed by atoms with van der Waals surface area (Å²) in [6.07, 6.45) is -5.94. The van der Waals surface area contributed by atoms with Crippen LogP contribution in [0, 0.1) is 13.8 Å². The summed E-state index contributed by atoms with van der Waals surface area (Å²) >= 11 is 0. The van der Waals surface area contributed by atoms with E-state index in [4.69, 9.17) is 4.42 Å². The van der Waals surface area contributed by atoms with Crippen molar-refractivity contribution in [3.05, 3.63) is 59.0 Å². The van der Waals surface area contributed by atoms with Crippen molar-refractivity contribution in [3.63, 3.8) is 0 Å². The smallest absolute Gasteiger partial charge is 0.438 e. The Bertz CT molecular complexity index is 840. The van der Waals surface area contributed by atoms with Crippen LogP contribution in [0.25, 0.3) is 0 Å². The molecule has 0 radical (unpaired) electrons. The number of hydrazone groups is 1. The van der Waals surface area contributed by atoms with E-state index in [1.165, 1.54) is 12.1 Å². The maximum atomic E-state index is 13.5. The summed E-state index contributed by atoms with van der Waals surface area (Å²) in [5.41, 5.74) is -2.13. The second kappa shape index (κ2) is 5.73. The molecule has 132 valence electrons. The lowest BCUT2D eigenvalue weighted by molar-refractivity contribution is -0.297. The largest absolute Gasteiger partial charge is 0.456 e. The van der Waals surface area contributed by atoms with Crippen LogP contribution >= 0.6 is 0 Å². The zero-order chi connectivity index (χ0) is 18.4. The topological polar surface area (TPSA) is 66.0 Å². The molecule has 1 aromatic heterocycles. The van der Waals surface area contributed by atoms with E-state index in [0.717, 1.165) is 5.56 Å². The molecule has 1 aliphatic rings. The molecule has 2 heterocycles. The Morgan fingerprint density at radius 2 is 1.84 bits per heavy atom. The molecule has 0 saturated heterocycles. The van der Waals surface area contributed by atoms with Crippen molar-refractivity contribution in [2.24, 2.45) is 5.10 Å². The molecule has 1 aromatic carbocycles. The van der Waals surface area contributed by atoms with E-state index < -0.39 is 24.2 Å². The van der Waals surface area contributed by atoms with Gasteiger partial charge in [-0.3, -0.25) is 4.79 Å². The first-order valence-electron chi connectivity index (χ1n) is 7.46. The number of amides is 1. The van der Waals surface area contributed by atoms with Crippen molar-refractivity contribution >= 4 is 11.6 Å². The summed E-state index contributed by atoms with van der Waals surface area (Å²) in [7, 11) is 0. The number of benzene rings is 1. The first-order chi connectivity index (χ1) is 11.6. The van der Waals surface area contributed by atoms with Gasteiger partial charge in [0.2, 0.25) is 0 Å². The van der Waals surface area contributed by atoms with Crippen LogP contribution in [0.4, 0.5) is 13.2 Å². The number of carbonyl (C=O) groups is 1. The van der Waals surface area contributed by atoms with Crippen LogP contribution < -0.4 is 0 Å². The molecule has 1 aliphatic heterocycles. The lowest BCUT2D eigenvalue weighted by Gasteiger charge is -2.32. The maximum Gasteiger partial charge on any atom is 0.438 e. The Kier molecular flexibility index (Phi) is 3.95. The number of hydrogen-bond donors (Lipinski definition) is 1. The molecule has 1 N–H and O–H groups in total. The lowest BCUT2D eigenvalue weighted by Crippen LogP contribution is -2.56. The molecule has 0 unspecified atom stereocenters. The number of alkyl halides is 3. The minimum absolute atomic E-state index is 0.0311. The molecule has 8 heteroatoms. The summed E-state index contributed by atoms with van der Waals surface area (Å²) in [4.78, 5) is 12.4. The molecule has 25 heavy (non-hydrogen) atoms. The molecule has 1 amide bonds. The molecule has 2 aromatic rings. The van der Waals surface area contributed by atoms with Crippen LogP contribution in [-0.2, 0) is 0 Å². The molecule has 0 spiro atoms. The van der Waals surface area contributed by atoms with Gasteiger partial charge >= 0.3 is 12.1 Å². The predicted molar refractivity (Wildman–Crippen MR) is 83.0 cm³/mol. The number of nitrogens with zero attached hydrogens (tertiary/aromatic N) is 2. The molecule has 0 aliphatic carbocycles. The Balaban J connectivity index is 2.04. The second-order valence-electron chi connectivity index (χ2n) is 5.93. The van der Waals surface area contributed by atoms with Gasteiger partial charge in [0, 0.05) is 0 Å². The summed E-state index contributed by atoms with van der Waals surface area (Å²) in [5, 5.41) is 14.1. The predicted octanol–water partition coefficient (Wildman–Crippen LogP) is 3.40. The van der Waals surface area contributed by atoms with Crippen molar-refractivity contribution in [1.29, 1.82) is 0 Å². The fourth-order valence-corrected chi connectivity index (χ4v) is 2.54. The normalized spacial score (nSPS) is 20.7. The molecular weight excluding hydrogens is 337 g/mol. The van der Waals surface area contributed by atoms with Crippen LogP contribution in [0.2, 0.25) is 0 Å². The van der Waals surface area contributed by atoms with Crippen molar-refractivity contribution < 1.29 is 27.5 Å². The Labute approximate surface area is 141 Å². The van der Waals surface area contributed by atoms with E-state index in [9.17, 15) is 23.1 Å². The molecule has 0 fully saturated rings. The summed E-state index contributed by atoms with van der Waals surface area (Å²) in [5.74, 6) is -1.12. The van der Waals surface area contributed by atoms with E-state index in [-0.39, 0.29) is 16.5 Å². The van der Waals surface area contributed by atoms with Crippen molar-refractivity contribution in [2.75, 3.05) is 0 Å².